The number of anilines is 1. The molecule has 6 nitrogen and oxygen atoms in total. The van der Waals surface area contributed by atoms with Crippen LogP contribution in [0.3, 0.4) is 0 Å². The Morgan fingerprint density at radius 2 is 1.58 bits per heavy atom. The average molecular weight is 488 g/mol. The lowest BCUT2D eigenvalue weighted by Gasteiger charge is -2.23. The third-order valence-electron chi connectivity index (χ3n) is 4.99. The van der Waals surface area contributed by atoms with Crippen LogP contribution < -0.4 is 13.8 Å². The summed E-state index contributed by atoms with van der Waals surface area (Å²) in [5.74, 6) is 0.0435. The van der Waals surface area contributed by atoms with Crippen LogP contribution in [0.1, 0.15) is 25.3 Å². The summed E-state index contributed by atoms with van der Waals surface area (Å²) in [5, 5.41) is 0.395. The molecule has 33 heavy (non-hydrogen) atoms. The second kappa shape index (κ2) is 11.2. The minimum Gasteiger partial charge on any atom is -0.493 e. The number of ether oxygens (including phenoxy) is 2. The predicted octanol–water partition coefficient (Wildman–Crippen LogP) is 5.49. The second-order valence-electron chi connectivity index (χ2n) is 7.33. The number of unbranched alkanes of at least 4 members (excludes halogenated alkanes) is 1. The smallest absolute Gasteiger partial charge is 0.278 e. The Labute approximate surface area is 199 Å². The summed E-state index contributed by atoms with van der Waals surface area (Å²) in [6.07, 6.45) is 2.96. The minimum absolute atomic E-state index is 0.0485. The molecule has 0 aliphatic carbocycles. The standard InChI is InChI=1S/C25H26ClNO5S/c1-3-4-7-19-10-14-21(15-11-19)27(33(29,30)22-16-12-20(26)13-17-22)25(28)18-32-24-9-6-5-8-23(24)31-2/h5-6,8-17H,3-4,7,18H2,1-2H3. The van der Waals surface area contributed by atoms with Gasteiger partial charge in [0.15, 0.2) is 18.1 Å². The van der Waals surface area contributed by atoms with Crippen LogP contribution >= 0.6 is 11.6 Å². The summed E-state index contributed by atoms with van der Waals surface area (Å²) in [7, 11) is -2.72. The van der Waals surface area contributed by atoms with Gasteiger partial charge in [-0.1, -0.05) is 49.2 Å². The van der Waals surface area contributed by atoms with E-state index in [4.69, 9.17) is 21.1 Å². The number of para-hydroxylation sites is 2. The van der Waals surface area contributed by atoms with E-state index in [2.05, 4.69) is 6.92 Å². The van der Waals surface area contributed by atoms with Crippen LogP contribution in [0.2, 0.25) is 5.02 Å². The Kier molecular flexibility index (Phi) is 8.36. The highest BCUT2D eigenvalue weighted by Crippen LogP contribution is 2.28. The number of hydrogen-bond donors (Lipinski definition) is 0. The number of methoxy groups -OCH3 is 1. The van der Waals surface area contributed by atoms with E-state index in [9.17, 15) is 13.2 Å². The largest absolute Gasteiger partial charge is 0.493 e. The van der Waals surface area contributed by atoms with E-state index in [1.807, 2.05) is 12.1 Å². The molecule has 3 aromatic carbocycles. The molecule has 0 bridgehead atoms. The average Bonchev–Trinajstić information content (AvgIpc) is 2.82. The molecular formula is C25H26ClNO5S. The van der Waals surface area contributed by atoms with E-state index in [1.54, 1.807) is 36.4 Å². The molecule has 0 N–H and O–H groups in total. The van der Waals surface area contributed by atoms with Crippen LogP contribution in [0.25, 0.3) is 0 Å². The first-order chi connectivity index (χ1) is 15.9. The summed E-state index contributed by atoms with van der Waals surface area (Å²) in [4.78, 5) is 13.2. The van der Waals surface area contributed by atoms with E-state index in [0.717, 1.165) is 29.1 Å². The lowest BCUT2D eigenvalue weighted by Crippen LogP contribution is -2.40. The molecule has 1 amide bonds. The van der Waals surface area contributed by atoms with Gasteiger partial charge < -0.3 is 9.47 Å². The zero-order valence-electron chi connectivity index (χ0n) is 18.5. The van der Waals surface area contributed by atoms with Crippen molar-refractivity contribution in [3.05, 3.63) is 83.4 Å². The molecule has 0 fully saturated rings. The van der Waals surface area contributed by atoms with Crippen molar-refractivity contribution >= 4 is 33.2 Å². The second-order valence-corrected chi connectivity index (χ2v) is 9.55. The van der Waals surface area contributed by atoms with Crippen LogP contribution in [0, 0.1) is 0 Å². The van der Waals surface area contributed by atoms with Gasteiger partial charge in [0.25, 0.3) is 15.9 Å². The van der Waals surface area contributed by atoms with Crippen LogP contribution in [-0.4, -0.2) is 28.0 Å². The van der Waals surface area contributed by atoms with Crippen LogP contribution in [0.15, 0.2) is 77.7 Å². The van der Waals surface area contributed by atoms with Crippen LogP contribution in [0.5, 0.6) is 11.5 Å². The molecule has 0 saturated heterocycles. The molecule has 0 aliphatic rings. The van der Waals surface area contributed by atoms with Crippen LogP contribution in [-0.2, 0) is 21.2 Å². The molecule has 3 rings (SSSR count). The number of amides is 1. The molecule has 0 spiro atoms. The number of sulfonamides is 1. The Hall–Kier alpha value is -3.03. The molecule has 3 aromatic rings. The topological polar surface area (TPSA) is 72.9 Å². The number of benzene rings is 3. The molecule has 8 heteroatoms. The molecule has 0 aromatic heterocycles. The van der Waals surface area contributed by atoms with E-state index in [0.29, 0.717) is 16.5 Å². The summed E-state index contributed by atoms with van der Waals surface area (Å²) in [6.45, 7) is 1.61. The number of halogens is 1. The maximum atomic E-state index is 13.5. The fourth-order valence-electron chi connectivity index (χ4n) is 3.24. The first kappa shape index (κ1) is 24.6. The fraction of sp³-hybridized carbons (Fsp3) is 0.240. The number of carbonyl (C=O) groups is 1. The Balaban J connectivity index is 1.94. The van der Waals surface area contributed by atoms with Gasteiger partial charge in [-0.2, -0.15) is 4.31 Å². The van der Waals surface area contributed by atoms with Crippen molar-refractivity contribution < 1.29 is 22.7 Å². The van der Waals surface area contributed by atoms with Crippen molar-refractivity contribution in [3.8, 4) is 11.5 Å². The van der Waals surface area contributed by atoms with E-state index in [-0.39, 0.29) is 10.6 Å². The van der Waals surface area contributed by atoms with Crippen molar-refractivity contribution in [2.24, 2.45) is 0 Å². The monoisotopic (exact) mass is 487 g/mol. The predicted molar refractivity (Wildman–Crippen MR) is 130 cm³/mol. The summed E-state index contributed by atoms with van der Waals surface area (Å²) in [6, 6.07) is 19.5. The first-order valence-electron chi connectivity index (χ1n) is 10.5. The highest BCUT2D eigenvalue weighted by Gasteiger charge is 2.31. The molecule has 174 valence electrons. The molecular weight excluding hydrogens is 462 g/mol. The number of nitrogens with zero attached hydrogens (tertiary/aromatic N) is 1. The van der Waals surface area contributed by atoms with Gasteiger partial charge in [-0.15, -0.1) is 0 Å². The van der Waals surface area contributed by atoms with E-state index in [1.165, 1.54) is 31.4 Å². The van der Waals surface area contributed by atoms with E-state index < -0.39 is 22.5 Å². The van der Waals surface area contributed by atoms with Gasteiger partial charge in [0.1, 0.15) is 0 Å². The first-order valence-corrected chi connectivity index (χ1v) is 12.4. The molecule has 0 unspecified atom stereocenters. The van der Waals surface area contributed by atoms with Gasteiger partial charge in [-0.3, -0.25) is 4.79 Å². The summed E-state index contributed by atoms with van der Waals surface area (Å²) in [5.41, 5.74) is 1.31. The summed E-state index contributed by atoms with van der Waals surface area (Å²) < 4.78 is 38.5. The molecule has 0 saturated carbocycles. The Bertz CT molecular complexity index is 1180. The highest BCUT2D eigenvalue weighted by atomic mass is 35.5. The quantitative estimate of drug-likeness (QED) is 0.378. The number of rotatable bonds is 10. The zero-order chi connectivity index (χ0) is 23.8. The molecule has 0 heterocycles. The lowest BCUT2D eigenvalue weighted by atomic mass is 10.1. The van der Waals surface area contributed by atoms with Crippen molar-refractivity contribution in [1.82, 2.24) is 0 Å². The number of aryl methyl sites for hydroxylation is 1. The third-order valence-corrected chi connectivity index (χ3v) is 7.00. The fourth-order valence-corrected chi connectivity index (χ4v) is 4.78. The molecule has 0 atom stereocenters. The maximum Gasteiger partial charge on any atom is 0.278 e. The molecule has 0 aliphatic heterocycles. The third kappa shape index (κ3) is 6.06. The van der Waals surface area contributed by atoms with Crippen LogP contribution in [0.4, 0.5) is 5.69 Å². The van der Waals surface area contributed by atoms with Gasteiger partial charge in [0.05, 0.1) is 17.7 Å². The van der Waals surface area contributed by atoms with Crippen molar-refractivity contribution in [3.63, 3.8) is 0 Å². The minimum atomic E-state index is -4.21. The van der Waals surface area contributed by atoms with E-state index >= 15 is 0 Å². The van der Waals surface area contributed by atoms with Gasteiger partial charge in [0.2, 0.25) is 0 Å². The van der Waals surface area contributed by atoms with Crippen molar-refractivity contribution in [2.75, 3.05) is 18.0 Å². The Morgan fingerprint density at radius 3 is 2.18 bits per heavy atom. The van der Waals surface area contributed by atoms with Crippen molar-refractivity contribution in [1.29, 1.82) is 0 Å². The number of hydrogen-bond acceptors (Lipinski definition) is 5. The van der Waals surface area contributed by atoms with Gasteiger partial charge in [-0.05, 0) is 66.9 Å². The SMILES string of the molecule is CCCCc1ccc(N(C(=O)COc2ccccc2OC)S(=O)(=O)c2ccc(Cl)cc2)cc1. The van der Waals surface area contributed by atoms with Gasteiger partial charge in [0, 0.05) is 5.02 Å². The van der Waals surface area contributed by atoms with Gasteiger partial charge in [-0.25, -0.2) is 8.42 Å². The number of carbonyl (C=O) groups excluding carboxylic acids is 1. The van der Waals surface area contributed by atoms with Crippen molar-refractivity contribution in [2.45, 2.75) is 31.1 Å². The Morgan fingerprint density at radius 1 is 0.939 bits per heavy atom. The lowest BCUT2D eigenvalue weighted by molar-refractivity contribution is -0.119. The molecule has 0 radical (unpaired) electrons. The maximum absolute atomic E-state index is 13.5. The van der Waals surface area contributed by atoms with Gasteiger partial charge >= 0.3 is 0 Å². The zero-order valence-corrected chi connectivity index (χ0v) is 20.1. The normalized spacial score (nSPS) is 11.1. The summed E-state index contributed by atoms with van der Waals surface area (Å²) >= 11 is 5.92. The highest BCUT2D eigenvalue weighted by molar-refractivity contribution is 7.93.